The van der Waals surface area contributed by atoms with Crippen LogP contribution in [0.1, 0.15) is 78.1 Å². The van der Waals surface area contributed by atoms with Crippen LogP contribution in [0.2, 0.25) is 0 Å². The van der Waals surface area contributed by atoms with E-state index in [9.17, 15) is 9.59 Å². The highest BCUT2D eigenvalue weighted by molar-refractivity contribution is 5.68. The molecule has 0 unspecified atom stereocenters. The average Bonchev–Trinajstić information content (AvgIpc) is 2.46. The average molecular weight is 292 g/mol. The van der Waals surface area contributed by atoms with E-state index in [-0.39, 0.29) is 6.42 Å². The van der Waals surface area contributed by atoms with Gasteiger partial charge in [-0.05, 0) is 12.8 Å². The first kappa shape index (κ1) is 21.2. The van der Waals surface area contributed by atoms with Crippen molar-refractivity contribution in [1.29, 1.82) is 0 Å². The van der Waals surface area contributed by atoms with Gasteiger partial charge in [0.1, 0.15) is 0 Å². The molecule has 6 nitrogen and oxygen atoms in total. The van der Waals surface area contributed by atoms with Gasteiger partial charge in [-0.2, -0.15) is 10.5 Å². The Kier molecular flexibility index (Phi) is 18.9. The smallest absolute Gasteiger partial charge is 0.301 e. The van der Waals surface area contributed by atoms with Crippen LogP contribution in [0.15, 0.2) is 0 Å². The van der Waals surface area contributed by atoms with Crippen LogP contribution in [-0.2, 0) is 19.4 Å². The highest BCUT2D eigenvalue weighted by Gasteiger charge is 2.00. The van der Waals surface area contributed by atoms with Gasteiger partial charge in [-0.25, -0.2) is 9.59 Å². The summed E-state index contributed by atoms with van der Waals surface area (Å²) in [6.45, 7) is 4.02. The first-order chi connectivity index (χ1) is 9.62. The molecule has 0 fully saturated rings. The van der Waals surface area contributed by atoms with Crippen LogP contribution in [0.4, 0.5) is 0 Å². The molecular formula is C14H28O6. The minimum absolute atomic E-state index is 0.288. The topological polar surface area (TPSA) is 93.1 Å². The molecule has 0 radical (unpaired) electrons. The van der Waals surface area contributed by atoms with Gasteiger partial charge in [-0.15, -0.1) is 0 Å². The summed E-state index contributed by atoms with van der Waals surface area (Å²) in [5.41, 5.74) is 0. The third kappa shape index (κ3) is 19.2. The van der Waals surface area contributed by atoms with E-state index >= 15 is 0 Å². The Balaban J connectivity index is 0. The van der Waals surface area contributed by atoms with Crippen LogP contribution >= 0.6 is 0 Å². The summed E-state index contributed by atoms with van der Waals surface area (Å²) >= 11 is 0. The molecule has 0 aromatic heterocycles. The van der Waals surface area contributed by atoms with Crippen LogP contribution in [0.5, 0.6) is 0 Å². The summed E-state index contributed by atoms with van der Waals surface area (Å²) in [5.74, 6) is -1.09. The molecule has 0 amide bonds. The maximum absolute atomic E-state index is 10.5. The quantitative estimate of drug-likeness (QED) is 0.360. The molecule has 120 valence electrons. The van der Waals surface area contributed by atoms with E-state index in [2.05, 4.69) is 16.7 Å². The van der Waals surface area contributed by atoms with Crippen molar-refractivity contribution in [3.63, 3.8) is 0 Å². The van der Waals surface area contributed by atoms with E-state index < -0.39 is 11.9 Å². The Morgan fingerprint density at radius 3 is 1.55 bits per heavy atom. The zero-order valence-corrected chi connectivity index (χ0v) is 12.6. The van der Waals surface area contributed by atoms with Crippen molar-refractivity contribution >= 4 is 11.9 Å². The van der Waals surface area contributed by atoms with Crippen molar-refractivity contribution in [3.05, 3.63) is 0 Å². The maximum atomic E-state index is 10.5. The number of rotatable bonds is 10. The largest absolute Gasteiger partial charge is 0.342 e. The fourth-order valence-corrected chi connectivity index (χ4v) is 1.52. The molecule has 0 saturated heterocycles. The monoisotopic (exact) mass is 292 g/mol. The molecule has 0 aliphatic rings. The molecule has 0 aliphatic carbocycles. The Labute approximate surface area is 120 Å². The molecule has 0 rings (SSSR count). The first-order valence-electron chi connectivity index (χ1n) is 7.30. The van der Waals surface area contributed by atoms with E-state index in [1.807, 2.05) is 6.92 Å². The van der Waals surface area contributed by atoms with E-state index in [0.717, 1.165) is 12.8 Å². The predicted octanol–water partition coefficient (Wildman–Crippen LogP) is 3.95. The third-order valence-electron chi connectivity index (χ3n) is 2.64. The minimum atomic E-state index is -0.567. The number of hydrogen-bond acceptors (Lipinski definition) is 6. The molecule has 20 heavy (non-hydrogen) atoms. The fourth-order valence-electron chi connectivity index (χ4n) is 1.52. The fraction of sp³-hybridized carbons (Fsp3) is 0.857. The lowest BCUT2D eigenvalue weighted by molar-refractivity contribution is -0.234. The van der Waals surface area contributed by atoms with Crippen LogP contribution in [0, 0.1) is 0 Å². The Bertz CT molecular complexity index is 230. The van der Waals surface area contributed by atoms with E-state index in [0.29, 0.717) is 12.8 Å². The lowest BCUT2D eigenvalue weighted by Crippen LogP contribution is -1.99. The predicted molar refractivity (Wildman–Crippen MR) is 75.0 cm³/mol. The maximum Gasteiger partial charge on any atom is 0.342 e. The molecule has 6 heteroatoms. The Morgan fingerprint density at radius 1 is 0.700 bits per heavy atom. The van der Waals surface area contributed by atoms with Gasteiger partial charge in [0.25, 0.3) is 0 Å². The summed E-state index contributed by atoms with van der Waals surface area (Å²) < 4.78 is 0. The second kappa shape index (κ2) is 17.9. The molecule has 0 aromatic rings. The summed E-state index contributed by atoms with van der Waals surface area (Å²) in [6.07, 6.45) is 9.50. The van der Waals surface area contributed by atoms with Gasteiger partial charge in [0, 0.05) is 12.8 Å². The summed E-state index contributed by atoms with van der Waals surface area (Å²) in [7, 11) is 0. The van der Waals surface area contributed by atoms with Crippen LogP contribution in [0.25, 0.3) is 0 Å². The van der Waals surface area contributed by atoms with Crippen LogP contribution in [-0.4, -0.2) is 22.5 Å². The SMILES string of the molecule is CCCC(=O)OO.CCCCCCCCCC(=O)OO. The zero-order chi connectivity index (χ0) is 15.6. The third-order valence-corrected chi connectivity index (χ3v) is 2.64. The van der Waals surface area contributed by atoms with Gasteiger partial charge in [-0.3, -0.25) is 0 Å². The second-order valence-corrected chi connectivity index (χ2v) is 4.55. The first-order valence-corrected chi connectivity index (χ1v) is 7.30. The molecule has 0 bridgehead atoms. The Hall–Kier alpha value is -1.14. The minimum Gasteiger partial charge on any atom is -0.301 e. The molecule has 0 spiro atoms. The molecule has 0 atom stereocenters. The highest BCUT2D eigenvalue weighted by Crippen LogP contribution is 2.08. The number of carbonyl (C=O) groups excluding carboxylic acids is 2. The van der Waals surface area contributed by atoms with Crippen molar-refractivity contribution in [2.45, 2.75) is 78.1 Å². The van der Waals surface area contributed by atoms with Crippen molar-refractivity contribution in [3.8, 4) is 0 Å². The van der Waals surface area contributed by atoms with Crippen molar-refractivity contribution in [2.24, 2.45) is 0 Å². The lowest BCUT2D eigenvalue weighted by Gasteiger charge is -1.99. The van der Waals surface area contributed by atoms with Gasteiger partial charge in [0.15, 0.2) is 0 Å². The van der Waals surface area contributed by atoms with Gasteiger partial charge < -0.3 is 9.78 Å². The van der Waals surface area contributed by atoms with E-state index in [4.69, 9.17) is 10.5 Å². The van der Waals surface area contributed by atoms with Crippen LogP contribution < -0.4 is 0 Å². The molecule has 2 N–H and O–H groups in total. The molecule has 0 heterocycles. The van der Waals surface area contributed by atoms with Gasteiger partial charge in [0.2, 0.25) is 0 Å². The zero-order valence-electron chi connectivity index (χ0n) is 12.6. The standard InChI is InChI=1S/C10H20O3.C4H8O3/c1-2-3-4-5-6-7-8-9-10(11)13-12;1-2-3-4(5)7-6/h12H,2-9H2,1H3;6H,2-3H2,1H3. The molecular weight excluding hydrogens is 264 g/mol. The Morgan fingerprint density at radius 2 is 1.15 bits per heavy atom. The number of hydrogen-bond donors (Lipinski definition) is 2. The number of unbranched alkanes of at least 4 members (excludes halogenated alkanes) is 6. The van der Waals surface area contributed by atoms with E-state index in [1.54, 1.807) is 0 Å². The van der Waals surface area contributed by atoms with Gasteiger partial charge in [-0.1, -0.05) is 52.4 Å². The van der Waals surface area contributed by atoms with Crippen LogP contribution in [0.3, 0.4) is 0 Å². The summed E-state index contributed by atoms with van der Waals surface area (Å²) in [5, 5.41) is 15.6. The highest BCUT2D eigenvalue weighted by atomic mass is 17.1. The summed E-state index contributed by atoms with van der Waals surface area (Å²) in [6, 6.07) is 0. The molecule has 0 aliphatic heterocycles. The summed E-state index contributed by atoms with van der Waals surface area (Å²) in [4.78, 5) is 27.3. The van der Waals surface area contributed by atoms with Gasteiger partial charge >= 0.3 is 11.9 Å². The van der Waals surface area contributed by atoms with Crippen molar-refractivity contribution in [2.75, 3.05) is 0 Å². The number of carbonyl (C=O) groups is 2. The molecule has 0 saturated carbocycles. The second-order valence-electron chi connectivity index (χ2n) is 4.55. The van der Waals surface area contributed by atoms with E-state index in [1.165, 1.54) is 32.1 Å². The molecule has 0 aromatic carbocycles. The van der Waals surface area contributed by atoms with Crippen molar-refractivity contribution < 1.29 is 29.9 Å². The van der Waals surface area contributed by atoms with Crippen molar-refractivity contribution in [1.82, 2.24) is 0 Å². The lowest BCUT2D eigenvalue weighted by atomic mass is 10.1. The van der Waals surface area contributed by atoms with Gasteiger partial charge in [0.05, 0.1) is 0 Å². The normalized spacial score (nSPS) is 9.40.